The molecule has 4 heteroatoms. The van der Waals surface area contributed by atoms with Crippen molar-refractivity contribution >= 4 is 5.78 Å². The molecule has 0 N–H and O–H groups in total. The molecule has 0 aliphatic carbocycles. The highest BCUT2D eigenvalue weighted by atomic mass is 19.1. The molecule has 1 saturated heterocycles. The number of Topliss-reactive ketones (excluding diaryl/α,β-unsaturated/α-hetero) is 1. The number of hydrogen-bond acceptors (Lipinski definition) is 3. The number of rotatable bonds is 3. The van der Waals surface area contributed by atoms with E-state index in [0.717, 1.165) is 0 Å². The van der Waals surface area contributed by atoms with Crippen molar-refractivity contribution in [1.82, 2.24) is 0 Å². The SMILES string of the molecule is COc1cccc(C(=O)C2COC(C)C2)c1F. The van der Waals surface area contributed by atoms with Crippen molar-refractivity contribution in [2.45, 2.75) is 19.4 Å². The second-order valence-corrected chi connectivity index (χ2v) is 4.26. The van der Waals surface area contributed by atoms with Gasteiger partial charge in [-0.3, -0.25) is 4.79 Å². The second kappa shape index (κ2) is 4.84. The third-order valence-corrected chi connectivity index (χ3v) is 3.02. The predicted octanol–water partition coefficient (Wildman–Crippen LogP) is 2.44. The van der Waals surface area contributed by atoms with Crippen molar-refractivity contribution in [3.63, 3.8) is 0 Å². The zero-order valence-electron chi connectivity index (χ0n) is 9.90. The van der Waals surface area contributed by atoms with E-state index in [1.165, 1.54) is 19.2 Å². The maximum absolute atomic E-state index is 13.9. The molecule has 0 radical (unpaired) electrons. The summed E-state index contributed by atoms with van der Waals surface area (Å²) < 4.78 is 24.1. The fourth-order valence-electron chi connectivity index (χ4n) is 2.08. The van der Waals surface area contributed by atoms with Crippen LogP contribution in [0.2, 0.25) is 0 Å². The Kier molecular flexibility index (Phi) is 3.43. The van der Waals surface area contributed by atoms with Gasteiger partial charge in [-0.25, -0.2) is 4.39 Å². The van der Waals surface area contributed by atoms with Crippen molar-refractivity contribution in [3.05, 3.63) is 29.6 Å². The van der Waals surface area contributed by atoms with E-state index < -0.39 is 5.82 Å². The highest BCUT2D eigenvalue weighted by Crippen LogP contribution is 2.27. The summed E-state index contributed by atoms with van der Waals surface area (Å²) in [5, 5.41) is 0. The zero-order chi connectivity index (χ0) is 12.4. The van der Waals surface area contributed by atoms with Crippen molar-refractivity contribution < 1.29 is 18.7 Å². The van der Waals surface area contributed by atoms with E-state index in [-0.39, 0.29) is 29.1 Å². The summed E-state index contributed by atoms with van der Waals surface area (Å²) in [6, 6.07) is 4.61. The van der Waals surface area contributed by atoms with Crippen LogP contribution in [0.4, 0.5) is 4.39 Å². The topological polar surface area (TPSA) is 35.5 Å². The van der Waals surface area contributed by atoms with Crippen LogP contribution in [-0.2, 0) is 4.74 Å². The average Bonchev–Trinajstić information content (AvgIpc) is 2.75. The van der Waals surface area contributed by atoms with Crippen molar-refractivity contribution in [2.75, 3.05) is 13.7 Å². The Morgan fingerprint density at radius 1 is 1.53 bits per heavy atom. The first-order chi connectivity index (χ1) is 8.13. The molecule has 0 aromatic heterocycles. The molecule has 1 fully saturated rings. The molecule has 0 bridgehead atoms. The zero-order valence-corrected chi connectivity index (χ0v) is 9.90. The van der Waals surface area contributed by atoms with Gasteiger partial charge in [0.25, 0.3) is 0 Å². The van der Waals surface area contributed by atoms with E-state index in [2.05, 4.69) is 0 Å². The fraction of sp³-hybridized carbons (Fsp3) is 0.462. The molecule has 92 valence electrons. The Bertz CT molecular complexity index is 431. The van der Waals surface area contributed by atoms with Gasteiger partial charge in [0, 0.05) is 5.92 Å². The second-order valence-electron chi connectivity index (χ2n) is 4.26. The molecule has 1 aromatic rings. The lowest BCUT2D eigenvalue weighted by molar-refractivity contribution is 0.0873. The largest absolute Gasteiger partial charge is 0.494 e. The number of carbonyl (C=O) groups excluding carboxylic acids is 1. The van der Waals surface area contributed by atoms with Crippen LogP contribution < -0.4 is 4.74 Å². The Labute approximate surface area is 99.5 Å². The number of hydrogen-bond donors (Lipinski definition) is 0. The molecule has 1 aromatic carbocycles. The molecule has 1 aliphatic rings. The Morgan fingerprint density at radius 3 is 2.88 bits per heavy atom. The van der Waals surface area contributed by atoms with Crippen LogP contribution in [0.1, 0.15) is 23.7 Å². The summed E-state index contributed by atoms with van der Waals surface area (Å²) in [7, 11) is 1.38. The highest BCUT2D eigenvalue weighted by molar-refractivity contribution is 5.98. The van der Waals surface area contributed by atoms with Crippen LogP contribution in [0, 0.1) is 11.7 Å². The Morgan fingerprint density at radius 2 is 2.29 bits per heavy atom. The van der Waals surface area contributed by atoms with Crippen molar-refractivity contribution in [2.24, 2.45) is 5.92 Å². The normalized spacial score (nSPS) is 23.7. The first-order valence-corrected chi connectivity index (χ1v) is 5.61. The van der Waals surface area contributed by atoms with Gasteiger partial charge in [0.05, 0.1) is 25.4 Å². The van der Waals surface area contributed by atoms with Gasteiger partial charge in [-0.1, -0.05) is 6.07 Å². The monoisotopic (exact) mass is 238 g/mol. The first-order valence-electron chi connectivity index (χ1n) is 5.61. The minimum Gasteiger partial charge on any atom is -0.494 e. The molecule has 17 heavy (non-hydrogen) atoms. The minimum atomic E-state index is -0.584. The third kappa shape index (κ3) is 2.31. The van der Waals surface area contributed by atoms with E-state index in [0.29, 0.717) is 13.0 Å². The van der Waals surface area contributed by atoms with E-state index in [1.807, 2.05) is 6.92 Å². The molecule has 0 spiro atoms. The number of benzene rings is 1. The smallest absolute Gasteiger partial charge is 0.175 e. The molecule has 3 nitrogen and oxygen atoms in total. The Hall–Kier alpha value is -1.42. The Balaban J connectivity index is 2.25. The van der Waals surface area contributed by atoms with Crippen LogP contribution >= 0.6 is 0 Å². The quantitative estimate of drug-likeness (QED) is 0.759. The van der Waals surface area contributed by atoms with Crippen LogP contribution in [0.15, 0.2) is 18.2 Å². The van der Waals surface area contributed by atoms with Crippen LogP contribution in [0.5, 0.6) is 5.75 Å². The van der Waals surface area contributed by atoms with E-state index in [4.69, 9.17) is 9.47 Å². The van der Waals surface area contributed by atoms with Gasteiger partial charge in [0.1, 0.15) is 0 Å². The van der Waals surface area contributed by atoms with Gasteiger partial charge in [-0.15, -0.1) is 0 Å². The average molecular weight is 238 g/mol. The molecule has 1 aliphatic heterocycles. The number of ether oxygens (including phenoxy) is 2. The maximum Gasteiger partial charge on any atom is 0.175 e. The lowest BCUT2D eigenvalue weighted by Gasteiger charge is -2.09. The highest BCUT2D eigenvalue weighted by Gasteiger charge is 2.30. The standard InChI is InChI=1S/C13H15FO3/c1-8-6-9(7-17-8)13(15)10-4-3-5-11(16-2)12(10)14/h3-5,8-9H,6-7H2,1-2H3. The fourth-order valence-corrected chi connectivity index (χ4v) is 2.08. The molecule has 0 saturated carbocycles. The number of carbonyl (C=O) groups is 1. The summed E-state index contributed by atoms with van der Waals surface area (Å²) in [4.78, 5) is 12.1. The van der Waals surface area contributed by atoms with Crippen LogP contribution in [-0.4, -0.2) is 25.6 Å². The number of ketones is 1. The summed E-state index contributed by atoms with van der Waals surface area (Å²) in [5.74, 6) is -0.931. The third-order valence-electron chi connectivity index (χ3n) is 3.02. The summed E-state index contributed by atoms with van der Waals surface area (Å²) in [6.45, 7) is 2.28. The van der Waals surface area contributed by atoms with Crippen molar-refractivity contribution in [3.8, 4) is 5.75 Å². The summed E-state index contributed by atoms with van der Waals surface area (Å²) in [5.41, 5.74) is 0.0899. The minimum absolute atomic E-state index is 0.0672. The lowest BCUT2D eigenvalue weighted by Crippen LogP contribution is -2.16. The van der Waals surface area contributed by atoms with E-state index in [1.54, 1.807) is 6.07 Å². The number of methoxy groups -OCH3 is 1. The predicted molar refractivity (Wildman–Crippen MR) is 60.8 cm³/mol. The number of halogens is 1. The van der Waals surface area contributed by atoms with Crippen molar-refractivity contribution in [1.29, 1.82) is 0 Å². The molecular formula is C13H15FO3. The molecule has 2 atom stereocenters. The summed E-state index contributed by atoms with van der Waals surface area (Å²) >= 11 is 0. The molecule has 2 rings (SSSR count). The van der Waals surface area contributed by atoms with Gasteiger partial charge in [0.15, 0.2) is 17.3 Å². The molecule has 0 amide bonds. The molecule has 1 heterocycles. The van der Waals surface area contributed by atoms with Gasteiger partial charge in [-0.2, -0.15) is 0 Å². The maximum atomic E-state index is 13.9. The van der Waals surface area contributed by atoms with Gasteiger partial charge in [0.2, 0.25) is 0 Å². The van der Waals surface area contributed by atoms with E-state index in [9.17, 15) is 9.18 Å². The van der Waals surface area contributed by atoms with Gasteiger partial charge < -0.3 is 9.47 Å². The molecule has 2 unspecified atom stereocenters. The van der Waals surface area contributed by atoms with Gasteiger partial charge >= 0.3 is 0 Å². The lowest BCUT2D eigenvalue weighted by atomic mass is 9.95. The van der Waals surface area contributed by atoms with Crippen LogP contribution in [0.3, 0.4) is 0 Å². The summed E-state index contributed by atoms with van der Waals surface area (Å²) in [6.07, 6.45) is 0.716. The first kappa shape index (κ1) is 12.0. The van der Waals surface area contributed by atoms with E-state index >= 15 is 0 Å². The van der Waals surface area contributed by atoms with Crippen LogP contribution in [0.25, 0.3) is 0 Å². The molecular weight excluding hydrogens is 223 g/mol. The van der Waals surface area contributed by atoms with Gasteiger partial charge in [-0.05, 0) is 25.5 Å².